The van der Waals surface area contributed by atoms with Gasteiger partial charge in [-0.25, -0.2) is 0 Å². The fraction of sp³-hybridized carbons (Fsp3) is 0.667. The lowest BCUT2D eigenvalue weighted by atomic mass is 10.1. The summed E-state index contributed by atoms with van der Waals surface area (Å²) in [7, 11) is 5.41. The van der Waals surface area contributed by atoms with Gasteiger partial charge in [-0.15, -0.1) is 0 Å². The number of guanidine groups is 1. The largest absolute Gasteiger partial charge is 0.493 e. The van der Waals surface area contributed by atoms with Crippen LogP contribution < -0.4 is 14.8 Å². The van der Waals surface area contributed by atoms with Crippen LogP contribution in [-0.4, -0.2) is 89.0 Å². The van der Waals surface area contributed by atoms with E-state index in [4.69, 9.17) is 19.2 Å². The average molecular weight is 393 g/mol. The Morgan fingerprint density at radius 2 is 1.96 bits per heavy atom. The van der Waals surface area contributed by atoms with E-state index >= 15 is 0 Å². The second-order valence-electron chi connectivity index (χ2n) is 7.05. The average Bonchev–Trinajstić information content (AvgIpc) is 2.74. The number of morpholine rings is 1. The first-order valence-corrected chi connectivity index (χ1v) is 10.1. The normalized spacial score (nSPS) is 16.5. The summed E-state index contributed by atoms with van der Waals surface area (Å²) in [6, 6.07) is 6.49. The van der Waals surface area contributed by atoms with E-state index in [0.717, 1.165) is 69.8 Å². The van der Waals surface area contributed by atoms with Crippen LogP contribution in [-0.2, 0) is 11.2 Å². The van der Waals surface area contributed by atoms with Crippen molar-refractivity contribution in [3.63, 3.8) is 0 Å². The maximum Gasteiger partial charge on any atom is 0.193 e. The summed E-state index contributed by atoms with van der Waals surface area (Å²) >= 11 is 0. The number of likely N-dealkylation sites (N-methyl/N-ethyl adjacent to an activating group) is 1. The van der Waals surface area contributed by atoms with Crippen LogP contribution in [0.5, 0.6) is 11.5 Å². The van der Waals surface area contributed by atoms with Crippen LogP contribution in [0.4, 0.5) is 0 Å². The van der Waals surface area contributed by atoms with Crippen LogP contribution in [0, 0.1) is 0 Å². The predicted molar refractivity (Wildman–Crippen MR) is 114 cm³/mol. The maximum atomic E-state index is 5.44. The van der Waals surface area contributed by atoms with Crippen LogP contribution in [0.2, 0.25) is 0 Å². The summed E-state index contributed by atoms with van der Waals surface area (Å²) in [6.07, 6.45) is 0.903. The Morgan fingerprint density at radius 3 is 2.61 bits per heavy atom. The molecule has 1 fully saturated rings. The summed E-state index contributed by atoms with van der Waals surface area (Å²) in [5, 5.41) is 3.41. The first kappa shape index (κ1) is 22.3. The van der Waals surface area contributed by atoms with Gasteiger partial charge >= 0.3 is 0 Å². The molecule has 2 rings (SSSR count). The fourth-order valence-corrected chi connectivity index (χ4v) is 3.26. The highest BCUT2D eigenvalue weighted by atomic mass is 16.5. The van der Waals surface area contributed by atoms with Gasteiger partial charge in [0.05, 0.1) is 34.0 Å². The van der Waals surface area contributed by atoms with E-state index < -0.39 is 0 Å². The van der Waals surface area contributed by atoms with Gasteiger partial charge in [0.1, 0.15) is 0 Å². The number of methoxy groups -OCH3 is 2. The smallest absolute Gasteiger partial charge is 0.193 e. The zero-order chi connectivity index (χ0) is 20.4. The molecular weight excluding hydrogens is 356 g/mol. The Kier molecular flexibility index (Phi) is 9.37. The molecule has 0 aliphatic carbocycles. The Balaban J connectivity index is 1.93. The standard InChI is InChI=1S/C21H36N4O3/c1-6-22-21(23-16-17(2)25-11-13-28-14-12-25)24(3)10-9-18-7-8-19(26-4)20(15-18)27-5/h7-8,15,17H,6,9-14,16H2,1-5H3,(H,22,23). The molecule has 158 valence electrons. The number of hydrogen-bond donors (Lipinski definition) is 1. The molecule has 28 heavy (non-hydrogen) atoms. The van der Waals surface area contributed by atoms with E-state index in [1.54, 1.807) is 14.2 Å². The Morgan fingerprint density at radius 1 is 1.25 bits per heavy atom. The molecule has 0 amide bonds. The highest BCUT2D eigenvalue weighted by Crippen LogP contribution is 2.27. The van der Waals surface area contributed by atoms with Crippen LogP contribution in [0.15, 0.2) is 23.2 Å². The molecule has 7 nitrogen and oxygen atoms in total. The molecule has 0 radical (unpaired) electrons. The zero-order valence-electron chi connectivity index (χ0n) is 18.0. The summed E-state index contributed by atoms with van der Waals surface area (Å²) in [4.78, 5) is 9.50. The fourth-order valence-electron chi connectivity index (χ4n) is 3.26. The van der Waals surface area contributed by atoms with Crippen molar-refractivity contribution in [2.75, 3.05) is 67.2 Å². The molecule has 7 heteroatoms. The van der Waals surface area contributed by atoms with Crippen LogP contribution >= 0.6 is 0 Å². The van der Waals surface area contributed by atoms with Gasteiger partial charge in [0.2, 0.25) is 0 Å². The Bertz CT molecular complexity index is 618. The van der Waals surface area contributed by atoms with E-state index in [2.05, 4.69) is 42.1 Å². The first-order chi connectivity index (χ1) is 13.6. The lowest BCUT2D eigenvalue weighted by molar-refractivity contribution is 0.0220. The number of benzene rings is 1. The minimum Gasteiger partial charge on any atom is -0.493 e. The second-order valence-corrected chi connectivity index (χ2v) is 7.05. The molecule has 1 N–H and O–H groups in total. The number of nitrogens with zero attached hydrogens (tertiary/aromatic N) is 3. The number of ether oxygens (including phenoxy) is 3. The van der Waals surface area contributed by atoms with Crippen molar-refractivity contribution < 1.29 is 14.2 Å². The van der Waals surface area contributed by atoms with Gasteiger partial charge < -0.3 is 24.4 Å². The highest BCUT2D eigenvalue weighted by molar-refractivity contribution is 5.79. The summed E-state index contributed by atoms with van der Waals surface area (Å²) in [6.45, 7) is 10.5. The first-order valence-electron chi connectivity index (χ1n) is 10.1. The monoisotopic (exact) mass is 392 g/mol. The lowest BCUT2D eigenvalue weighted by Gasteiger charge is -2.32. The van der Waals surface area contributed by atoms with E-state index in [1.807, 2.05) is 12.1 Å². The van der Waals surface area contributed by atoms with Gasteiger partial charge in [0.15, 0.2) is 17.5 Å². The third kappa shape index (κ3) is 6.56. The van der Waals surface area contributed by atoms with Gasteiger partial charge in [-0.3, -0.25) is 9.89 Å². The van der Waals surface area contributed by atoms with E-state index in [1.165, 1.54) is 5.56 Å². The minimum atomic E-state index is 0.414. The SMILES string of the molecule is CCNC(=NCC(C)N1CCOCC1)N(C)CCc1ccc(OC)c(OC)c1. The maximum absolute atomic E-state index is 5.44. The van der Waals surface area contributed by atoms with Crippen molar-refractivity contribution in [3.05, 3.63) is 23.8 Å². The van der Waals surface area contributed by atoms with Crippen molar-refractivity contribution in [2.24, 2.45) is 4.99 Å². The van der Waals surface area contributed by atoms with E-state index in [-0.39, 0.29) is 0 Å². The van der Waals surface area contributed by atoms with Gasteiger partial charge in [-0.2, -0.15) is 0 Å². The molecule has 1 atom stereocenters. The van der Waals surface area contributed by atoms with Crippen LogP contribution in [0.3, 0.4) is 0 Å². The number of hydrogen-bond acceptors (Lipinski definition) is 5. The molecule has 1 aromatic rings. The second kappa shape index (κ2) is 11.8. The molecule has 0 spiro atoms. The molecule has 1 aromatic carbocycles. The molecule has 0 bridgehead atoms. The topological polar surface area (TPSA) is 58.6 Å². The quantitative estimate of drug-likeness (QED) is 0.511. The van der Waals surface area contributed by atoms with Gasteiger partial charge in [0, 0.05) is 39.3 Å². The summed E-state index contributed by atoms with van der Waals surface area (Å²) < 4.78 is 16.2. The van der Waals surface area contributed by atoms with E-state index in [0.29, 0.717) is 6.04 Å². The summed E-state index contributed by atoms with van der Waals surface area (Å²) in [5.74, 6) is 2.47. The van der Waals surface area contributed by atoms with Gasteiger partial charge in [-0.05, 0) is 38.0 Å². The molecule has 1 aliphatic rings. The number of aliphatic imine (C=N–C) groups is 1. The van der Waals surface area contributed by atoms with Crippen LogP contribution in [0.25, 0.3) is 0 Å². The zero-order valence-corrected chi connectivity index (χ0v) is 18.0. The number of nitrogens with one attached hydrogen (secondary N) is 1. The molecule has 0 saturated carbocycles. The lowest BCUT2D eigenvalue weighted by Crippen LogP contribution is -2.45. The van der Waals surface area contributed by atoms with Crippen molar-refractivity contribution in [1.29, 1.82) is 0 Å². The molecule has 0 aromatic heterocycles. The Hall–Kier alpha value is -1.99. The van der Waals surface area contributed by atoms with Gasteiger partial charge in [0.25, 0.3) is 0 Å². The molecule has 1 saturated heterocycles. The molecule has 1 heterocycles. The number of rotatable bonds is 9. The van der Waals surface area contributed by atoms with Crippen LogP contribution in [0.1, 0.15) is 19.4 Å². The summed E-state index contributed by atoms with van der Waals surface area (Å²) in [5.41, 5.74) is 1.21. The molecule has 1 unspecified atom stereocenters. The predicted octanol–water partition coefficient (Wildman–Crippen LogP) is 1.86. The molecular formula is C21H36N4O3. The minimum absolute atomic E-state index is 0.414. The van der Waals surface area contributed by atoms with Gasteiger partial charge in [-0.1, -0.05) is 6.07 Å². The van der Waals surface area contributed by atoms with E-state index in [9.17, 15) is 0 Å². The van der Waals surface area contributed by atoms with Crippen molar-refractivity contribution in [2.45, 2.75) is 26.3 Å². The molecule has 1 aliphatic heterocycles. The van der Waals surface area contributed by atoms with Crippen molar-refractivity contribution >= 4 is 5.96 Å². The van der Waals surface area contributed by atoms with Crippen molar-refractivity contribution in [3.8, 4) is 11.5 Å². The van der Waals surface area contributed by atoms with Crippen molar-refractivity contribution in [1.82, 2.24) is 15.1 Å². The highest BCUT2D eigenvalue weighted by Gasteiger charge is 2.17. The third-order valence-electron chi connectivity index (χ3n) is 5.05. The third-order valence-corrected chi connectivity index (χ3v) is 5.05. The Labute approximate surface area is 169 Å².